The number of pyridine rings is 1. The van der Waals surface area contributed by atoms with Crippen molar-refractivity contribution in [3.05, 3.63) is 65.2 Å². The van der Waals surface area contributed by atoms with Crippen molar-refractivity contribution >= 4 is 22.8 Å². The number of hydrogen-bond donors (Lipinski definition) is 0. The summed E-state index contributed by atoms with van der Waals surface area (Å²) >= 11 is 0. The minimum atomic E-state index is -0.615. The van der Waals surface area contributed by atoms with Crippen molar-refractivity contribution in [2.75, 3.05) is 7.11 Å². The van der Waals surface area contributed by atoms with Crippen LogP contribution in [0.5, 0.6) is 0 Å². The van der Waals surface area contributed by atoms with Crippen molar-refractivity contribution < 1.29 is 23.5 Å². The predicted molar refractivity (Wildman–Crippen MR) is 85.6 cm³/mol. The monoisotopic (exact) mass is 325 g/mol. The van der Waals surface area contributed by atoms with Gasteiger partial charge in [0.15, 0.2) is 0 Å². The number of hydrogen-bond acceptors (Lipinski definition) is 6. The summed E-state index contributed by atoms with van der Waals surface area (Å²) in [5, 5.41) is 0.716. The average molecular weight is 325 g/mol. The number of esters is 2. The standard InChI is InChI=1S/C18H15NO5/c1-11-9-14(13-5-3-4-6-15(13)19-11)17(20)24-10-12-7-8-23-16(12)18(21)22-2/h3-9H,10H2,1-2H3. The molecular formula is C18H15NO5. The van der Waals surface area contributed by atoms with Gasteiger partial charge in [0.2, 0.25) is 5.76 Å². The highest BCUT2D eigenvalue weighted by molar-refractivity contribution is 6.03. The molecule has 0 aliphatic heterocycles. The lowest BCUT2D eigenvalue weighted by Gasteiger charge is -2.08. The topological polar surface area (TPSA) is 78.6 Å². The summed E-state index contributed by atoms with van der Waals surface area (Å²) in [4.78, 5) is 28.4. The summed E-state index contributed by atoms with van der Waals surface area (Å²) in [6, 6.07) is 10.6. The SMILES string of the molecule is COC(=O)c1occc1COC(=O)c1cc(C)nc2ccccc12. The number of carbonyl (C=O) groups is 2. The van der Waals surface area contributed by atoms with Crippen LogP contribution < -0.4 is 0 Å². The first kappa shape index (κ1) is 15.7. The number of rotatable bonds is 4. The molecular weight excluding hydrogens is 310 g/mol. The molecule has 1 aromatic carbocycles. The van der Waals surface area contributed by atoms with E-state index < -0.39 is 11.9 Å². The van der Waals surface area contributed by atoms with Gasteiger partial charge in [-0.2, -0.15) is 0 Å². The highest BCUT2D eigenvalue weighted by atomic mass is 16.5. The Morgan fingerprint density at radius 1 is 1.17 bits per heavy atom. The fraction of sp³-hybridized carbons (Fsp3) is 0.167. The van der Waals surface area contributed by atoms with Crippen LogP contribution in [0.1, 0.15) is 32.2 Å². The molecule has 3 aromatic rings. The van der Waals surface area contributed by atoms with Gasteiger partial charge in [-0.1, -0.05) is 18.2 Å². The van der Waals surface area contributed by atoms with Crippen LogP contribution in [0, 0.1) is 6.92 Å². The molecule has 0 N–H and O–H groups in total. The quantitative estimate of drug-likeness (QED) is 0.685. The van der Waals surface area contributed by atoms with Crippen LogP contribution in [0.3, 0.4) is 0 Å². The molecule has 0 saturated heterocycles. The summed E-state index contributed by atoms with van der Waals surface area (Å²) < 4.78 is 15.0. The molecule has 0 spiro atoms. The van der Waals surface area contributed by atoms with E-state index in [1.54, 1.807) is 12.1 Å². The van der Waals surface area contributed by atoms with Gasteiger partial charge in [-0.05, 0) is 25.1 Å². The summed E-state index contributed by atoms with van der Waals surface area (Å²) in [6.07, 6.45) is 1.35. The number of furan rings is 1. The van der Waals surface area contributed by atoms with Gasteiger partial charge in [-0.15, -0.1) is 0 Å². The molecule has 0 aliphatic carbocycles. The molecule has 122 valence electrons. The molecule has 0 atom stereocenters. The Balaban J connectivity index is 1.84. The van der Waals surface area contributed by atoms with Crippen LogP contribution in [-0.2, 0) is 16.1 Å². The molecule has 2 aromatic heterocycles. The van der Waals surface area contributed by atoms with Crippen LogP contribution in [0.2, 0.25) is 0 Å². The van der Waals surface area contributed by atoms with Gasteiger partial charge >= 0.3 is 11.9 Å². The first-order valence-corrected chi connectivity index (χ1v) is 7.28. The lowest BCUT2D eigenvalue weighted by Crippen LogP contribution is -2.09. The molecule has 0 bridgehead atoms. The Labute approximate surface area is 138 Å². The van der Waals surface area contributed by atoms with E-state index in [-0.39, 0.29) is 12.4 Å². The van der Waals surface area contributed by atoms with E-state index in [0.717, 1.165) is 11.2 Å². The molecule has 3 rings (SSSR count). The van der Waals surface area contributed by atoms with Crippen molar-refractivity contribution in [1.82, 2.24) is 4.98 Å². The lowest BCUT2D eigenvalue weighted by atomic mass is 10.1. The molecule has 0 unspecified atom stereocenters. The molecule has 0 amide bonds. The summed E-state index contributed by atoms with van der Waals surface area (Å²) in [6.45, 7) is 1.73. The average Bonchev–Trinajstić information content (AvgIpc) is 3.06. The zero-order chi connectivity index (χ0) is 17.1. The number of fused-ring (bicyclic) bond motifs is 1. The predicted octanol–water partition coefficient (Wildman–Crippen LogP) is 3.28. The molecule has 0 aliphatic rings. The first-order valence-electron chi connectivity index (χ1n) is 7.28. The van der Waals surface area contributed by atoms with E-state index in [4.69, 9.17) is 9.15 Å². The first-order chi connectivity index (χ1) is 11.6. The number of nitrogens with zero attached hydrogens (tertiary/aromatic N) is 1. The second-order valence-electron chi connectivity index (χ2n) is 5.17. The third-order valence-corrected chi connectivity index (χ3v) is 3.54. The molecule has 24 heavy (non-hydrogen) atoms. The number of para-hydroxylation sites is 1. The van der Waals surface area contributed by atoms with Gasteiger partial charge in [-0.3, -0.25) is 4.98 Å². The molecule has 0 radical (unpaired) electrons. The summed E-state index contributed by atoms with van der Waals surface area (Å²) in [5.74, 6) is -1.08. The maximum absolute atomic E-state index is 12.5. The Morgan fingerprint density at radius 2 is 1.96 bits per heavy atom. The summed E-state index contributed by atoms with van der Waals surface area (Å²) in [5.41, 5.74) is 2.33. The van der Waals surface area contributed by atoms with Crippen molar-refractivity contribution in [2.24, 2.45) is 0 Å². The van der Waals surface area contributed by atoms with Gasteiger partial charge in [0.1, 0.15) is 6.61 Å². The van der Waals surface area contributed by atoms with E-state index in [0.29, 0.717) is 16.5 Å². The van der Waals surface area contributed by atoms with Crippen molar-refractivity contribution in [1.29, 1.82) is 0 Å². The van der Waals surface area contributed by atoms with Crippen LogP contribution in [0.15, 0.2) is 47.1 Å². The fourth-order valence-corrected chi connectivity index (χ4v) is 2.42. The maximum Gasteiger partial charge on any atom is 0.374 e. The second kappa shape index (κ2) is 6.54. The fourth-order valence-electron chi connectivity index (χ4n) is 2.42. The number of benzene rings is 1. The lowest BCUT2D eigenvalue weighted by molar-refractivity contribution is 0.0455. The van der Waals surface area contributed by atoms with Crippen LogP contribution in [0.4, 0.5) is 0 Å². The summed E-state index contributed by atoms with van der Waals surface area (Å²) in [7, 11) is 1.26. The van der Waals surface area contributed by atoms with Crippen LogP contribution in [-0.4, -0.2) is 24.0 Å². The highest BCUT2D eigenvalue weighted by Gasteiger charge is 2.19. The molecule has 2 heterocycles. The number of methoxy groups -OCH3 is 1. The van der Waals surface area contributed by atoms with E-state index in [1.807, 2.05) is 31.2 Å². The molecule has 6 nitrogen and oxygen atoms in total. The van der Waals surface area contributed by atoms with Gasteiger partial charge in [0.25, 0.3) is 0 Å². The minimum Gasteiger partial charge on any atom is -0.463 e. The van der Waals surface area contributed by atoms with Crippen molar-refractivity contribution in [2.45, 2.75) is 13.5 Å². The van der Waals surface area contributed by atoms with Crippen molar-refractivity contribution in [3.63, 3.8) is 0 Å². The Hall–Kier alpha value is -3.15. The van der Waals surface area contributed by atoms with Crippen molar-refractivity contribution in [3.8, 4) is 0 Å². The van der Waals surface area contributed by atoms with Gasteiger partial charge in [-0.25, -0.2) is 9.59 Å². The normalized spacial score (nSPS) is 10.6. The second-order valence-corrected chi connectivity index (χ2v) is 5.17. The molecule has 6 heteroatoms. The zero-order valence-electron chi connectivity index (χ0n) is 13.2. The maximum atomic E-state index is 12.5. The van der Waals surface area contributed by atoms with E-state index in [1.165, 1.54) is 13.4 Å². The van der Waals surface area contributed by atoms with Crippen LogP contribution in [0.25, 0.3) is 10.9 Å². The Kier molecular flexibility index (Phi) is 4.29. The minimum absolute atomic E-state index is 0.0288. The van der Waals surface area contributed by atoms with E-state index in [9.17, 15) is 9.59 Å². The molecule has 0 saturated carbocycles. The highest BCUT2D eigenvalue weighted by Crippen LogP contribution is 2.20. The molecule has 0 fully saturated rings. The largest absolute Gasteiger partial charge is 0.463 e. The Bertz CT molecular complexity index is 913. The van der Waals surface area contributed by atoms with Gasteiger partial charge < -0.3 is 13.9 Å². The van der Waals surface area contributed by atoms with E-state index >= 15 is 0 Å². The zero-order valence-corrected chi connectivity index (χ0v) is 13.2. The number of aromatic nitrogens is 1. The van der Waals surface area contributed by atoms with Gasteiger partial charge in [0.05, 0.1) is 24.5 Å². The Morgan fingerprint density at radius 3 is 2.75 bits per heavy atom. The third-order valence-electron chi connectivity index (χ3n) is 3.54. The smallest absolute Gasteiger partial charge is 0.374 e. The number of ether oxygens (including phenoxy) is 2. The number of carbonyl (C=O) groups excluding carboxylic acids is 2. The number of aryl methyl sites for hydroxylation is 1. The van der Waals surface area contributed by atoms with E-state index in [2.05, 4.69) is 9.72 Å². The van der Waals surface area contributed by atoms with Crippen LogP contribution >= 0.6 is 0 Å². The van der Waals surface area contributed by atoms with Gasteiger partial charge in [0, 0.05) is 16.6 Å². The third kappa shape index (κ3) is 2.99.